The van der Waals surface area contributed by atoms with Crippen molar-refractivity contribution in [2.24, 2.45) is 5.41 Å². The standard InChI is InChI=1S/C15H25N5O3/c1-14(2,3)23-13(22)16-9-15(5-6-15)12(21)19(4)7-8-20-10-17-18-11-20/h10-11H,5-9H2,1-4H3,(H,16,22). The maximum Gasteiger partial charge on any atom is 0.407 e. The van der Waals surface area contributed by atoms with Crippen LogP contribution in [0, 0.1) is 5.41 Å². The van der Waals surface area contributed by atoms with Crippen LogP contribution in [0.25, 0.3) is 0 Å². The Kier molecular flexibility index (Phi) is 4.91. The lowest BCUT2D eigenvalue weighted by atomic mass is 10.1. The normalized spacial score (nSPS) is 15.8. The number of alkyl carbamates (subject to hydrolysis) is 1. The third kappa shape index (κ3) is 4.94. The highest BCUT2D eigenvalue weighted by molar-refractivity contribution is 5.86. The smallest absolute Gasteiger partial charge is 0.407 e. The fourth-order valence-corrected chi connectivity index (χ4v) is 2.28. The average molecular weight is 323 g/mol. The molecule has 0 spiro atoms. The van der Waals surface area contributed by atoms with Crippen molar-refractivity contribution in [3.63, 3.8) is 0 Å². The van der Waals surface area contributed by atoms with E-state index in [4.69, 9.17) is 4.74 Å². The van der Waals surface area contributed by atoms with Crippen molar-refractivity contribution in [1.29, 1.82) is 0 Å². The minimum atomic E-state index is -0.541. The fraction of sp³-hybridized carbons (Fsp3) is 0.733. The highest BCUT2D eigenvalue weighted by Gasteiger charge is 2.51. The first kappa shape index (κ1) is 17.2. The molecule has 2 amide bonds. The third-order valence-electron chi connectivity index (χ3n) is 3.78. The van der Waals surface area contributed by atoms with Crippen LogP contribution in [-0.4, -0.2) is 57.4 Å². The summed E-state index contributed by atoms with van der Waals surface area (Å²) >= 11 is 0. The molecule has 0 aromatic carbocycles. The molecule has 23 heavy (non-hydrogen) atoms. The van der Waals surface area contributed by atoms with Gasteiger partial charge < -0.3 is 19.5 Å². The van der Waals surface area contributed by atoms with E-state index in [-0.39, 0.29) is 5.91 Å². The molecule has 1 fully saturated rings. The molecule has 0 unspecified atom stereocenters. The molecule has 0 aliphatic heterocycles. The van der Waals surface area contributed by atoms with Gasteiger partial charge in [-0.3, -0.25) is 4.79 Å². The highest BCUT2D eigenvalue weighted by Crippen LogP contribution is 2.46. The monoisotopic (exact) mass is 323 g/mol. The predicted octanol–water partition coefficient (Wildman–Crippen LogP) is 1.04. The van der Waals surface area contributed by atoms with Crippen LogP contribution in [-0.2, 0) is 16.1 Å². The quantitative estimate of drug-likeness (QED) is 0.845. The highest BCUT2D eigenvalue weighted by atomic mass is 16.6. The molecule has 2 rings (SSSR count). The largest absolute Gasteiger partial charge is 0.444 e. The second-order valence-corrected chi connectivity index (χ2v) is 7.06. The van der Waals surface area contributed by atoms with Gasteiger partial charge in [0.1, 0.15) is 18.3 Å². The maximum absolute atomic E-state index is 12.6. The molecule has 1 aliphatic carbocycles. The van der Waals surface area contributed by atoms with Crippen molar-refractivity contribution >= 4 is 12.0 Å². The van der Waals surface area contributed by atoms with Gasteiger partial charge in [0.05, 0.1) is 5.41 Å². The molecule has 1 saturated carbocycles. The number of hydrogen-bond acceptors (Lipinski definition) is 5. The van der Waals surface area contributed by atoms with Gasteiger partial charge >= 0.3 is 6.09 Å². The van der Waals surface area contributed by atoms with Gasteiger partial charge in [0, 0.05) is 26.7 Å². The van der Waals surface area contributed by atoms with Crippen LogP contribution >= 0.6 is 0 Å². The Morgan fingerprint density at radius 3 is 2.43 bits per heavy atom. The molecule has 8 heteroatoms. The van der Waals surface area contributed by atoms with Gasteiger partial charge in [0.25, 0.3) is 0 Å². The van der Waals surface area contributed by atoms with Crippen molar-refractivity contribution in [3.8, 4) is 0 Å². The maximum atomic E-state index is 12.6. The van der Waals surface area contributed by atoms with Gasteiger partial charge in [-0.1, -0.05) is 0 Å². The van der Waals surface area contributed by atoms with Crippen LogP contribution in [0.1, 0.15) is 33.6 Å². The van der Waals surface area contributed by atoms with E-state index in [1.165, 1.54) is 0 Å². The Morgan fingerprint density at radius 1 is 1.30 bits per heavy atom. The number of aromatic nitrogens is 3. The van der Waals surface area contributed by atoms with Crippen LogP contribution in [0.15, 0.2) is 12.7 Å². The number of amides is 2. The zero-order chi connectivity index (χ0) is 17.1. The van der Waals surface area contributed by atoms with Crippen LogP contribution < -0.4 is 5.32 Å². The van der Waals surface area contributed by atoms with Crippen molar-refractivity contribution in [2.75, 3.05) is 20.1 Å². The van der Waals surface area contributed by atoms with E-state index in [9.17, 15) is 9.59 Å². The zero-order valence-corrected chi connectivity index (χ0v) is 14.2. The molecule has 1 aromatic heterocycles. The summed E-state index contributed by atoms with van der Waals surface area (Å²) in [4.78, 5) is 26.0. The fourth-order valence-electron chi connectivity index (χ4n) is 2.28. The Labute approximate surface area is 136 Å². The number of ether oxygens (including phenoxy) is 1. The van der Waals surface area contributed by atoms with Gasteiger partial charge in [-0.05, 0) is 33.6 Å². The molecular formula is C15H25N5O3. The summed E-state index contributed by atoms with van der Waals surface area (Å²) in [6.45, 7) is 6.96. The third-order valence-corrected chi connectivity index (χ3v) is 3.78. The molecule has 0 bridgehead atoms. The molecule has 1 aromatic rings. The van der Waals surface area contributed by atoms with E-state index in [0.717, 1.165) is 12.8 Å². The van der Waals surface area contributed by atoms with Crippen LogP contribution in [0.2, 0.25) is 0 Å². The number of nitrogens with one attached hydrogen (secondary N) is 1. The van der Waals surface area contributed by atoms with Crippen molar-refractivity contribution < 1.29 is 14.3 Å². The molecule has 0 saturated heterocycles. The van der Waals surface area contributed by atoms with Gasteiger partial charge in [0.15, 0.2) is 0 Å². The van der Waals surface area contributed by atoms with Gasteiger partial charge in [-0.15, -0.1) is 10.2 Å². The van der Waals surface area contributed by atoms with Gasteiger partial charge in [-0.2, -0.15) is 0 Å². The van der Waals surface area contributed by atoms with E-state index in [2.05, 4.69) is 15.5 Å². The van der Waals surface area contributed by atoms with E-state index in [0.29, 0.717) is 19.6 Å². The summed E-state index contributed by atoms with van der Waals surface area (Å²) in [6.07, 6.45) is 4.34. The molecule has 1 N–H and O–H groups in total. The molecule has 128 valence electrons. The lowest BCUT2D eigenvalue weighted by Gasteiger charge is -2.25. The SMILES string of the molecule is CN(CCn1cnnc1)C(=O)C1(CNC(=O)OC(C)(C)C)CC1. The van der Waals surface area contributed by atoms with E-state index >= 15 is 0 Å². The Hall–Kier alpha value is -2.12. The van der Waals surface area contributed by atoms with Crippen molar-refractivity contribution in [1.82, 2.24) is 25.0 Å². The lowest BCUT2D eigenvalue weighted by molar-refractivity contribution is -0.135. The molecule has 1 heterocycles. The number of rotatable bonds is 6. The lowest BCUT2D eigenvalue weighted by Crippen LogP contribution is -2.43. The van der Waals surface area contributed by atoms with Crippen LogP contribution in [0.5, 0.6) is 0 Å². The topological polar surface area (TPSA) is 89.4 Å². The summed E-state index contributed by atoms with van der Waals surface area (Å²) in [5.41, 5.74) is -1.01. The predicted molar refractivity (Wildman–Crippen MR) is 83.6 cm³/mol. The summed E-state index contributed by atoms with van der Waals surface area (Å²) in [5.74, 6) is 0.0571. The summed E-state index contributed by atoms with van der Waals surface area (Å²) in [5, 5.41) is 10.2. The van der Waals surface area contributed by atoms with E-state index in [1.54, 1.807) is 24.6 Å². The van der Waals surface area contributed by atoms with E-state index < -0.39 is 17.1 Å². The van der Waals surface area contributed by atoms with Crippen molar-refractivity contribution in [2.45, 2.75) is 45.8 Å². The second kappa shape index (κ2) is 6.55. The average Bonchev–Trinajstić information content (AvgIpc) is 3.07. The molecule has 0 radical (unpaired) electrons. The second-order valence-electron chi connectivity index (χ2n) is 7.06. The molecule has 0 atom stereocenters. The van der Waals surface area contributed by atoms with Gasteiger partial charge in [0.2, 0.25) is 5.91 Å². The first-order valence-electron chi connectivity index (χ1n) is 7.77. The minimum absolute atomic E-state index is 0.0571. The molecule has 1 aliphatic rings. The molecular weight excluding hydrogens is 298 g/mol. The number of likely N-dealkylation sites (N-methyl/N-ethyl adjacent to an activating group) is 1. The first-order valence-corrected chi connectivity index (χ1v) is 7.77. The Morgan fingerprint density at radius 2 is 1.91 bits per heavy atom. The first-order chi connectivity index (χ1) is 10.7. The number of carbonyl (C=O) groups is 2. The Balaban J connectivity index is 1.79. The van der Waals surface area contributed by atoms with Crippen LogP contribution in [0.3, 0.4) is 0 Å². The minimum Gasteiger partial charge on any atom is -0.444 e. The Bertz CT molecular complexity index is 546. The van der Waals surface area contributed by atoms with E-state index in [1.807, 2.05) is 25.3 Å². The number of hydrogen-bond donors (Lipinski definition) is 1. The summed E-state index contributed by atoms with van der Waals surface area (Å²) < 4.78 is 7.03. The van der Waals surface area contributed by atoms with Crippen LogP contribution in [0.4, 0.5) is 4.79 Å². The number of carbonyl (C=O) groups excluding carboxylic acids is 2. The van der Waals surface area contributed by atoms with Crippen molar-refractivity contribution in [3.05, 3.63) is 12.7 Å². The summed E-state index contributed by atoms with van der Waals surface area (Å²) in [6, 6.07) is 0. The zero-order valence-electron chi connectivity index (χ0n) is 14.2. The summed E-state index contributed by atoms with van der Waals surface area (Å²) in [7, 11) is 1.78. The number of nitrogens with zero attached hydrogens (tertiary/aromatic N) is 4. The molecule has 8 nitrogen and oxygen atoms in total. The van der Waals surface area contributed by atoms with Gasteiger partial charge in [-0.25, -0.2) is 4.79 Å².